The largest absolute Gasteiger partial charge is 0.387 e. The maximum absolute atomic E-state index is 9.11. The SMILES string of the molecule is OC1CCC(O)C2=C1N2. The number of aliphatic hydroxyl groups excluding tert-OH is 2. The van der Waals surface area contributed by atoms with Gasteiger partial charge in [0, 0.05) is 0 Å². The van der Waals surface area contributed by atoms with Gasteiger partial charge in [0.2, 0.25) is 0 Å². The number of hydrogen-bond donors (Lipinski definition) is 3. The van der Waals surface area contributed by atoms with Crippen LogP contribution >= 0.6 is 0 Å². The summed E-state index contributed by atoms with van der Waals surface area (Å²) < 4.78 is 0. The van der Waals surface area contributed by atoms with E-state index in [1.807, 2.05) is 0 Å². The maximum Gasteiger partial charge on any atom is 0.0957 e. The molecule has 0 spiro atoms. The molecule has 0 aromatic rings. The van der Waals surface area contributed by atoms with Crippen molar-refractivity contribution in [3.63, 3.8) is 0 Å². The van der Waals surface area contributed by atoms with Crippen molar-refractivity contribution in [1.29, 1.82) is 0 Å². The highest BCUT2D eigenvalue weighted by Crippen LogP contribution is 2.31. The van der Waals surface area contributed by atoms with Crippen LogP contribution in [0.15, 0.2) is 11.4 Å². The molecule has 3 nitrogen and oxygen atoms in total. The Kier molecular flexibility index (Phi) is 0.870. The highest BCUT2D eigenvalue weighted by atomic mass is 16.3. The van der Waals surface area contributed by atoms with Crippen molar-refractivity contribution in [2.75, 3.05) is 0 Å². The van der Waals surface area contributed by atoms with Crippen LogP contribution in [0.4, 0.5) is 0 Å². The van der Waals surface area contributed by atoms with Crippen molar-refractivity contribution in [3.8, 4) is 0 Å². The number of aliphatic hydroxyl groups is 2. The van der Waals surface area contributed by atoms with Gasteiger partial charge in [0.05, 0.1) is 23.6 Å². The Morgan fingerprint density at radius 2 is 1.56 bits per heavy atom. The van der Waals surface area contributed by atoms with Crippen molar-refractivity contribution < 1.29 is 10.2 Å². The van der Waals surface area contributed by atoms with Crippen LogP contribution in [-0.2, 0) is 0 Å². The average Bonchev–Trinajstić information content (AvgIpc) is 2.57. The van der Waals surface area contributed by atoms with Crippen molar-refractivity contribution in [3.05, 3.63) is 11.4 Å². The van der Waals surface area contributed by atoms with E-state index in [1.165, 1.54) is 0 Å². The molecule has 0 amide bonds. The standard InChI is InChI=1S/C6H9NO2/c8-3-1-2-4(9)6-5(3)7-6/h3-4,7-9H,1-2H2. The van der Waals surface area contributed by atoms with Crippen molar-refractivity contribution in [1.82, 2.24) is 5.32 Å². The minimum Gasteiger partial charge on any atom is -0.387 e. The van der Waals surface area contributed by atoms with E-state index in [-0.39, 0.29) is 12.2 Å². The lowest BCUT2D eigenvalue weighted by atomic mass is 10.0. The first-order chi connectivity index (χ1) is 4.29. The Morgan fingerprint density at radius 1 is 1.11 bits per heavy atom. The lowest BCUT2D eigenvalue weighted by molar-refractivity contribution is 0.146. The second kappa shape index (κ2) is 1.49. The Balaban J connectivity index is 2.19. The van der Waals surface area contributed by atoms with Gasteiger partial charge in [-0.2, -0.15) is 0 Å². The fourth-order valence-corrected chi connectivity index (χ4v) is 1.24. The Hall–Kier alpha value is -0.540. The minimum atomic E-state index is -0.330. The zero-order valence-corrected chi connectivity index (χ0v) is 4.96. The van der Waals surface area contributed by atoms with E-state index in [9.17, 15) is 0 Å². The van der Waals surface area contributed by atoms with E-state index in [4.69, 9.17) is 10.2 Å². The van der Waals surface area contributed by atoms with Crippen LogP contribution in [0.2, 0.25) is 0 Å². The predicted octanol–water partition coefficient (Wildman–Crippen LogP) is -0.683. The Bertz CT molecular complexity index is 158. The summed E-state index contributed by atoms with van der Waals surface area (Å²) in [6.07, 6.45) is 0.715. The summed E-state index contributed by atoms with van der Waals surface area (Å²) in [5, 5.41) is 21.1. The van der Waals surface area contributed by atoms with Crippen molar-refractivity contribution in [2.45, 2.75) is 25.0 Å². The molecule has 3 heteroatoms. The zero-order chi connectivity index (χ0) is 6.43. The average molecular weight is 127 g/mol. The maximum atomic E-state index is 9.11. The van der Waals surface area contributed by atoms with E-state index in [0.29, 0.717) is 12.8 Å². The number of hydrogen-bond acceptors (Lipinski definition) is 3. The molecule has 0 aromatic heterocycles. The smallest absolute Gasteiger partial charge is 0.0957 e. The third kappa shape index (κ3) is 0.653. The molecule has 0 saturated heterocycles. The summed E-state index contributed by atoms with van der Waals surface area (Å²) in [5.41, 5.74) is 1.71. The lowest BCUT2D eigenvalue weighted by Crippen LogP contribution is -2.14. The van der Waals surface area contributed by atoms with E-state index in [0.717, 1.165) is 11.4 Å². The molecule has 0 fully saturated rings. The second-order valence-corrected chi connectivity index (χ2v) is 2.56. The summed E-state index contributed by atoms with van der Waals surface area (Å²) in [6, 6.07) is 0. The quantitative estimate of drug-likeness (QED) is 0.404. The third-order valence-corrected chi connectivity index (χ3v) is 1.88. The van der Waals surface area contributed by atoms with E-state index in [1.54, 1.807) is 0 Å². The van der Waals surface area contributed by atoms with E-state index < -0.39 is 0 Å². The lowest BCUT2D eigenvalue weighted by Gasteiger charge is -2.10. The molecule has 1 aliphatic heterocycles. The molecule has 2 unspecified atom stereocenters. The van der Waals surface area contributed by atoms with Gasteiger partial charge in [-0.1, -0.05) is 0 Å². The summed E-state index contributed by atoms with van der Waals surface area (Å²) in [7, 11) is 0. The minimum absolute atomic E-state index is 0.330. The van der Waals surface area contributed by atoms with E-state index in [2.05, 4.69) is 5.32 Å². The fraction of sp³-hybridized carbons (Fsp3) is 0.667. The van der Waals surface area contributed by atoms with Crippen LogP contribution in [-0.4, -0.2) is 22.4 Å². The van der Waals surface area contributed by atoms with Gasteiger partial charge in [-0.15, -0.1) is 0 Å². The van der Waals surface area contributed by atoms with Crippen LogP contribution < -0.4 is 5.32 Å². The molecule has 50 valence electrons. The first-order valence-electron chi connectivity index (χ1n) is 3.16. The number of rotatable bonds is 0. The first-order valence-corrected chi connectivity index (χ1v) is 3.16. The second-order valence-electron chi connectivity index (χ2n) is 2.56. The normalized spacial score (nSPS) is 39.8. The van der Waals surface area contributed by atoms with Crippen LogP contribution in [0.1, 0.15) is 12.8 Å². The monoisotopic (exact) mass is 127 g/mol. The summed E-state index contributed by atoms with van der Waals surface area (Å²) in [5.74, 6) is 0. The van der Waals surface area contributed by atoms with Crippen LogP contribution in [0, 0.1) is 0 Å². The molecule has 2 aliphatic rings. The molecular weight excluding hydrogens is 118 g/mol. The fourth-order valence-electron chi connectivity index (χ4n) is 1.24. The van der Waals surface area contributed by atoms with Crippen molar-refractivity contribution >= 4 is 0 Å². The summed E-state index contributed by atoms with van der Waals surface area (Å²) in [4.78, 5) is 0. The molecule has 0 aromatic carbocycles. The first kappa shape index (κ1) is 5.26. The Morgan fingerprint density at radius 3 is 2.00 bits per heavy atom. The van der Waals surface area contributed by atoms with Crippen LogP contribution in [0.5, 0.6) is 0 Å². The molecule has 9 heavy (non-hydrogen) atoms. The van der Waals surface area contributed by atoms with Gasteiger partial charge in [-0.05, 0) is 12.8 Å². The van der Waals surface area contributed by atoms with Gasteiger partial charge in [-0.3, -0.25) is 0 Å². The van der Waals surface area contributed by atoms with Crippen LogP contribution in [0.25, 0.3) is 0 Å². The molecule has 0 radical (unpaired) electrons. The molecule has 3 N–H and O–H groups in total. The van der Waals surface area contributed by atoms with Gasteiger partial charge in [0.1, 0.15) is 0 Å². The predicted molar refractivity (Wildman–Crippen MR) is 31.4 cm³/mol. The van der Waals surface area contributed by atoms with Gasteiger partial charge >= 0.3 is 0 Å². The van der Waals surface area contributed by atoms with Crippen LogP contribution in [0.3, 0.4) is 0 Å². The van der Waals surface area contributed by atoms with Gasteiger partial charge in [-0.25, -0.2) is 0 Å². The number of nitrogens with one attached hydrogen (secondary N) is 1. The molecular formula is C6H9NO2. The third-order valence-electron chi connectivity index (χ3n) is 1.88. The van der Waals surface area contributed by atoms with Gasteiger partial charge in [0.25, 0.3) is 0 Å². The zero-order valence-electron chi connectivity index (χ0n) is 4.96. The van der Waals surface area contributed by atoms with E-state index >= 15 is 0 Å². The van der Waals surface area contributed by atoms with Crippen molar-refractivity contribution in [2.24, 2.45) is 0 Å². The highest BCUT2D eigenvalue weighted by Gasteiger charge is 2.37. The molecule has 2 rings (SSSR count). The summed E-state index contributed by atoms with van der Waals surface area (Å²) in [6.45, 7) is 0. The molecule has 2 atom stereocenters. The molecule has 0 bridgehead atoms. The Labute approximate surface area is 53.0 Å². The summed E-state index contributed by atoms with van der Waals surface area (Å²) >= 11 is 0. The van der Waals surface area contributed by atoms with Gasteiger partial charge in [0.15, 0.2) is 0 Å². The molecule has 1 aliphatic carbocycles. The van der Waals surface area contributed by atoms with Gasteiger partial charge < -0.3 is 15.5 Å². The molecule has 0 saturated carbocycles. The molecule has 1 heterocycles. The highest BCUT2D eigenvalue weighted by molar-refractivity contribution is 5.38. The topological polar surface area (TPSA) is 62.4 Å².